The van der Waals surface area contributed by atoms with Crippen molar-refractivity contribution in [3.63, 3.8) is 0 Å². The molecule has 0 aliphatic carbocycles. The predicted octanol–water partition coefficient (Wildman–Crippen LogP) is 3.11. The molecule has 1 aliphatic heterocycles. The van der Waals surface area contributed by atoms with E-state index in [0.717, 1.165) is 0 Å². The Labute approximate surface area is 181 Å². The molecule has 1 aliphatic rings. The zero-order valence-corrected chi connectivity index (χ0v) is 17.9. The molecule has 2 aromatic carbocycles. The Hall–Kier alpha value is -2.93. The van der Waals surface area contributed by atoms with E-state index in [1.54, 1.807) is 59.4 Å². The van der Waals surface area contributed by atoms with Crippen molar-refractivity contribution in [2.24, 2.45) is 0 Å². The minimum absolute atomic E-state index is 0.0498. The van der Waals surface area contributed by atoms with Gasteiger partial charge >= 0.3 is 0 Å². The van der Waals surface area contributed by atoms with Crippen LogP contribution in [0.3, 0.4) is 0 Å². The lowest BCUT2D eigenvalue weighted by Gasteiger charge is -2.34. The molecule has 0 radical (unpaired) electrons. The number of amides is 2. The summed E-state index contributed by atoms with van der Waals surface area (Å²) in [7, 11) is 1.56. The fraction of sp³-hybridized carbons (Fsp3) is 0.364. The monoisotopic (exact) mass is 432 g/mol. The molecule has 1 heterocycles. The fourth-order valence-electron chi connectivity index (χ4n) is 3.19. The molecule has 0 unspecified atom stereocenters. The van der Waals surface area contributed by atoms with Gasteiger partial charge in [-0.3, -0.25) is 9.59 Å². The maximum absolute atomic E-state index is 12.9. The van der Waals surface area contributed by atoms with Gasteiger partial charge in [-0.1, -0.05) is 11.6 Å². The first kappa shape index (κ1) is 21.8. The zero-order valence-electron chi connectivity index (χ0n) is 17.1. The predicted molar refractivity (Wildman–Crippen MR) is 114 cm³/mol. The van der Waals surface area contributed by atoms with Crippen molar-refractivity contribution < 1.29 is 23.8 Å². The Morgan fingerprint density at radius 1 is 0.933 bits per heavy atom. The van der Waals surface area contributed by atoms with Crippen LogP contribution in [0.1, 0.15) is 17.3 Å². The summed E-state index contributed by atoms with van der Waals surface area (Å²) >= 11 is 5.84. The molecule has 0 saturated carbocycles. The highest BCUT2D eigenvalue weighted by atomic mass is 35.5. The Morgan fingerprint density at radius 2 is 1.60 bits per heavy atom. The standard InChI is InChI=1S/C22H25ClN2O5/c1-3-29-20-14-16(4-9-19(20)28-2)22(27)25-12-10-24(11-13-25)21(26)15-30-18-7-5-17(23)6-8-18/h4-9,14H,3,10-13,15H2,1-2H3. The van der Waals surface area contributed by atoms with Crippen molar-refractivity contribution in [2.45, 2.75) is 6.92 Å². The summed E-state index contributed by atoms with van der Waals surface area (Å²) in [6, 6.07) is 12.0. The van der Waals surface area contributed by atoms with Crippen LogP contribution in [0.2, 0.25) is 5.02 Å². The van der Waals surface area contributed by atoms with E-state index in [4.69, 9.17) is 25.8 Å². The second-order valence-electron chi connectivity index (χ2n) is 6.71. The maximum Gasteiger partial charge on any atom is 0.260 e. The van der Waals surface area contributed by atoms with E-state index < -0.39 is 0 Å². The van der Waals surface area contributed by atoms with E-state index in [-0.39, 0.29) is 18.4 Å². The largest absolute Gasteiger partial charge is 0.493 e. The SMILES string of the molecule is CCOc1cc(C(=O)N2CCN(C(=O)COc3ccc(Cl)cc3)CC2)ccc1OC. The third-order valence-electron chi connectivity index (χ3n) is 4.81. The van der Waals surface area contributed by atoms with Gasteiger partial charge in [-0.2, -0.15) is 0 Å². The molecule has 7 nitrogen and oxygen atoms in total. The summed E-state index contributed by atoms with van der Waals surface area (Å²) in [5.41, 5.74) is 0.532. The van der Waals surface area contributed by atoms with Crippen LogP contribution in [-0.2, 0) is 4.79 Å². The minimum Gasteiger partial charge on any atom is -0.493 e. The van der Waals surface area contributed by atoms with Crippen LogP contribution in [0.25, 0.3) is 0 Å². The highest BCUT2D eigenvalue weighted by molar-refractivity contribution is 6.30. The lowest BCUT2D eigenvalue weighted by Crippen LogP contribution is -2.51. The van der Waals surface area contributed by atoms with Crippen molar-refractivity contribution in [3.05, 3.63) is 53.1 Å². The number of halogens is 1. The number of methoxy groups -OCH3 is 1. The van der Waals surface area contributed by atoms with Crippen LogP contribution in [-0.4, -0.2) is 68.1 Å². The summed E-state index contributed by atoms with van der Waals surface area (Å²) in [5.74, 6) is 1.51. The van der Waals surface area contributed by atoms with Crippen LogP contribution < -0.4 is 14.2 Å². The first-order valence-corrected chi connectivity index (χ1v) is 10.2. The van der Waals surface area contributed by atoms with Crippen LogP contribution in [0, 0.1) is 0 Å². The molecule has 8 heteroatoms. The smallest absolute Gasteiger partial charge is 0.260 e. The van der Waals surface area contributed by atoms with E-state index in [2.05, 4.69) is 0 Å². The van der Waals surface area contributed by atoms with Crippen LogP contribution in [0.4, 0.5) is 0 Å². The van der Waals surface area contributed by atoms with E-state index in [0.29, 0.717) is 60.6 Å². The maximum atomic E-state index is 12.9. The van der Waals surface area contributed by atoms with Crippen LogP contribution in [0.15, 0.2) is 42.5 Å². The molecule has 0 spiro atoms. The number of carbonyl (C=O) groups excluding carboxylic acids is 2. The van der Waals surface area contributed by atoms with Gasteiger partial charge in [-0.05, 0) is 49.4 Å². The molecule has 0 aromatic heterocycles. The molecule has 0 atom stereocenters. The van der Waals surface area contributed by atoms with Crippen LogP contribution in [0.5, 0.6) is 17.2 Å². The van der Waals surface area contributed by atoms with Crippen LogP contribution >= 0.6 is 11.6 Å². The number of hydrogen-bond acceptors (Lipinski definition) is 5. The van der Waals surface area contributed by atoms with Gasteiger partial charge in [0.1, 0.15) is 5.75 Å². The summed E-state index contributed by atoms with van der Waals surface area (Å²) in [6.45, 7) is 4.15. The average molecular weight is 433 g/mol. The van der Waals surface area contributed by atoms with Gasteiger partial charge in [0.25, 0.3) is 11.8 Å². The first-order valence-electron chi connectivity index (χ1n) is 9.78. The van der Waals surface area contributed by atoms with Crippen molar-refractivity contribution >= 4 is 23.4 Å². The number of benzene rings is 2. The molecular weight excluding hydrogens is 408 g/mol. The van der Waals surface area contributed by atoms with E-state index in [1.165, 1.54) is 0 Å². The van der Waals surface area contributed by atoms with Gasteiger partial charge in [0, 0.05) is 36.8 Å². The topological polar surface area (TPSA) is 68.3 Å². The molecule has 160 valence electrons. The average Bonchev–Trinajstić information content (AvgIpc) is 2.78. The second-order valence-corrected chi connectivity index (χ2v) is 7.15. The summed E-state index contributed by atoms with van der Waals surface area (Å²) in [5, 5.41) is 0.611. The number of rotatable bonds is 7. The lowest BCUT2D eigenvalue weighted by molar-refractivity contribution is -0.134. The number of hydrogen-bond donors (Lipinski definition) is 0. The number of ether oxygens (including phenoxy) is 3. The zero-order chi connectivity index (χ0) is 21.5. The van der Waals surface area contributed by atoms with Gasteiger partial charge < -0.3 is 24.0 Å². The molecule has 1 fully saturated rings. The Bertz CT molecular complexity index is 880. The van der Waals surface area contributed by atoms with Crippen molar-refractivity contribution in [1.29, 1.82) is 0 Å². The van der Waals surface area contributed by atoms with Gasteiger partial charge in [0.05, 0.1) is 13.7 Å². The molecule has 2 aromatic rings. The van der Waals surface area contributed by atoms with E-state index >= 15 is 0 Å². The normalized spacial score (nSPS) is 13.7. The molecular formula is C22H25ClN2O5. The highest BCUT2D eigenvalue weighted by Gasteiger charge is 2.25. The summed E-state index contributed by atoms with van der Waals surface area (Å²) < 4.78 is 16.3. The quantitative estimate of drug-likeness (QED) is 0.672. The third-order valence-corrected chi connectivity index (χ3v) is 5.06. The summed E-state index contributed by atoms with van der Waals surface area (Å²) in [6.07, 6.45) is 0. The van der Waals surface area contributed by atoms with Crippen molar-refractivity contribution in [3.8, 4) is 17.2 Å². The Balaban J connectivity index is 1.53. The molecule has 30 heavy (non-hydrogen) atoms. The molecule has 2 amide bonds. The number of nitrogens with zero attached hydrogens (tertiary/aromatic N) is 2. The highest BCUT2D eigenvalue weighted by Crippen LogP contribution is 2.28. The molecule has 3 rings (SSSR count). The lowest BCUT2D eigenvalue weighted by atomic mass is 10.1. The Morgan fingerprint density at radius 3 is 2.23 bits per heavy atom. The summed E-state index contributed by atoms with van der Waals surface area (Å²) in [4.78, 5) is 28.7. The van der Waals surface area contributed by atoms with E-state index in [1.807, 2.05) is 6.92 Å². The molecule has 1 saturated heterocycles. The van der Waals surface area contributed by atoms with E-state index in [9.17, 15) is 9.59 Å². The second kappa shape index (κ2) is 10.2. The van der Waals surface area contributed by atoms with Crippen molar-refractivity contribution in [2.75, 3.05) is 46.5 Å². The number of carbonyl (C=O) groups is 2. The van der Waals surface area contributed by atoms with Gasteiger partial charge in [0.15, 0.2) is 18.1 Å². The minimum atomic E-state index is -0.111. The first-order chi connectivity index (χ1) is 14.5. The Kier molecular flexibility index (Phi) is 7.41. The number of piperazine rings is 1. The molecule has 0 bridgehead atoms. The van der Waals surface area contributed by atoms with Gasteiger partial charge in [-0.25, -0.2) is 0 Å². The fourth-order valence-corrected chi connectivity index (χ4v) is 3.31. The van der Waals surface area contributed by atoms with Gasteiger partial charge in [0.2, 0.25) is 0 Å². The van der Waals surface area contributed by atoms with Crippen molar-refractivity contribution in [1.82, 2.24) is 9.80 Å². The van der Waals surface area contributed by atoms with Gasteiger partial charge in [-0.15, -0.1) is 0 Å². The third kappa shape index (κ3) is 5.36. The molecule has 0 N–H and O–H groups in total.